The maximum Gasteiger partial charge on any atom is 0.332 e. The molecule has 0 spiro atoms. The van der Waals surface area contributed by atoms with Crippen molar-refractivity contribution >= 4 is 34.4 Å². The lowest BCUT2D eigenvalue weighted by Gasteiger charge is -2.35. The van der Waals surface area contributed by atoms with E-state index in [4.69, 9.17) is 32.9 Å². The molecule has 0 bridgehead atoms. The van der Waals surface area contributed by atoms with Gasteiger partial charge in [0.15, 0.2) is 11.2 Å². The van der Waals surface area contributed by atoms with E-state index in [-0.39, 0.29) is 18.8 Å². The molecule has 1 aliphatic rings. The summed E-state index contributed by atoms with van der Waals surface area (Å²) in [4.78, 5) is 32.5. The third kappa shape index (κ3) is 4.05. The smallest absolute Gasteiger partial charge is 0.332 e. The lowest BCUT2D eigenvalue weighted by Crippen LogP contribution is -2.45. The van der Waals surface area contributed by atoms with Crippen LogP contribution in [0.2, 0.25) is 10.0 Å². The van der Waals surface area contributed by atoms with Crippen molar-refractivity contribution in [1.29, 1.82) is 0 Å². The summed E-state index contributed by atoms with van der Waals surface area (Å²) in [7, 11) is 3.08. The quantitative estimate of drug-likeness (QED) is 0.591. The van der Waals surface area contributed by atoms with Crippen LogP contribution < -0.4 is 11.2 Å². The SMILES string of the molecule is C[C@H]1CN(Cc2nc3c(c(=O)n(C)c(=O)n3C)n2Cc2c(Cl)cccc2Cl)C[C@H](C)O1. The fraction of sp³-hybridized carbons (Fsp3) is 0.476. The Balaban J connectivity index is 1.89. The van der Waals surface area contributed by atoms with Gasteiger partial charge in [-0.3, -0.25) is 18.8 Å². The fourth-order valence-corrected chi connectivity index (χ4v) is 4.75. The molecule has 0 saturated carbocycles. The summed E-state index contributed by atoms with van der Waals surface area (Å²) < 4.78 is 10.2. The third-order valence-corrected chi connectivity index (χ3v) is 6.37. The molecule has 0 aliphatic carbocycles. The van der Waals surface area contributed by atoms with E-state index in [1.54, 1.807) is 25.2 Å². The molecule has 10 heteroatoms. The van der Waals surface area contributed by atoms with E-state index in [9.17, 15) is 9.59 Å². The van der Waals surface area contributed by atoms with E-state index in [0.717, 1.165) is 17.7 Å². The molecule has 1 aromatic carbocycles. The lowest BCUT2D eigenvalue weighted by molar-refractivity contribution is -0.0712. The summed E-state index contributed by atoms with van der Waals surface area (Å²) in [5.41, 5.74) is 0.582. The second-order valence-electron chi connectivity index (χ2n) is 8.14. The van der Waals surface area contributed by atoms with E-state index < -0.39 is 11.2 Å². The molecule has 2 atom stereocenters. The summed E-state index contributed by atoms with van der Waals surface area (Å²) in [6.45, 7) is 6.34. The standard InChI is InChI=1S/C21H25Cl2N5O3/c1-12-8-27(9-13(2)31-12)11-17-24-19-18(20(29)26(4)21(30)25(19)3)28(17)10-14-15(22)6-5-7-16(14)23/h5-7,12-13H,8-11H2,1-4H3/t12-,13-/m0/s1. The Labute approximate surface area is 189 Å². The van der Waals surface area contributed by atoms with Crippen molar-refractivity contribution in [2.75, 3.05) is 13.1 Å². The summed E-state index contributed by atoms with van der Waals surface area (Å²) in [6, 6.07) is 5.31. The van der Waals surface area contributed by atoms with Gasteiger partial charge >= 0.3 is 5.69 Å². The average molecular weight is 466 g/mol. The number of hydrogen-bond acceptors (Lipinski definition) is 5. The van der Waals surface area contributed by atoms with Crippen molar-refractivity contribution in [3.05, 3.63) is 60.5 Å². The lowest BCUT2D eigenvalue weighted by atomic mass is 10.2. The summed E-state index contributed by atoms with van der Waals surface area (Å²) in [5.74, 6) is 0.672. The van der Waals surface area contributed by atoms with Gasteiger partial charge in [-0.2, -0.15) is 0 Å². The van der Waals surface area contributed by atoms with Crippen LogP contribution in [-0.4, -0.2) is 48.9 Å². The maximum atomic E-state index is 13.1. The highest BCUT2D eigenvalue weighted by Crippen LogP contribution is 2.27. The second-order valence-corrected chi connectivity index (χ2v) is 8.96. The first-order valence-corrected chi connectivity index (χ1v) is 10.9. The highest BCUT2D eigenvalue weighted by molar-refractivity contribution is 6.36. The number of morpholine rings is 1. The van der Waals surface area contributed by atoms with E-state index in [0.29, 0.717) is 39.1 Å². The van der Waals surface area contributed by atoms with Crippen molar-refractivity contribution in [2.45, 2.75) is 39.1 Å². The van der Waals surface area contributed by atoms with Crippen LogP contribution >= 0.6 is 23.2 Å². The van der Waals surface area contributed by atoms with Gasteiger partial charge < -0.3 is 9.30 Å². The predicted molar refractivity (Wildman–Crippen MR) is 121 cm³/mol. The average Bonchev–Trinajstić information content (AvgIpc) is 3.05. The van der Waals surface area contributed by atoms with Crippen LogP contribution in [0.3, 0.4) is 0 Å². The Morgan fingerprint density at radius 1 is 1.03 bits per heavy atom. The summed E-state index contributed by atoms with van der Waals surface area (Å²) in [6.07, 6.45) is 0.189. The van der Waals surface area contributed by atoms with Gasteiger partial charge in [-0.25, -0.2) is 9.78 Å². The van der Waals surface area contributed by atoms with E-state index in [2.05, 4.69) is 4.90 Å². The molecule has 1 saturated heterocycles. The molecular formula is C21H25Cl2N5O3. The van der Waals surface area contributed by atoms with E-state index in [1.165, 1.54) is 11.6 Å². The zero-order chi connectivity index (χ0) is 22.4. The Kier molecular flexibility index (Phi) is 6.00. The number of halogens is 2. The van der Waals surface area contributed by atoms with Crippen molar-refractivity contribution in [2.24, 2.45) is 14.1 Å². The zero-order valence-electron chi connectivity index (χ0n) is 17.9. The first-order valence-electron chi connectivity index (χ1n) is 10.1. The van der Waals surface area contributed by atoms with Gasteiger partial charge in [0.05, 0.1) is 25.3 Å². The Morgan fingerprint density at radius 2 is 1.65 bits per heavy atom. The van der Waals surface area contributed by atoms with Crippen LogP contribution in [0.25, 0.3) is 11.2 Å². The fourth-order valence-electron chi connectivity index (χ4n) is 4.24. The van der Waals surface area contributed by atoms with Gasteiger partial charge in [0, 0.05) is 42.8 Å². The van der Waals surface area contributed by atoms with E-state index >= 15 is 0 Å². The van der Waals surface area contributed by atoms with Gasteiger partial charge in [-0.15, -0.1) is 0 Å². The highest BCUT2D eigenvalue weighted by atomic mass is 35.5. The molecule has 0 N–H and O–H groups in total. The normalized spacial score (nSPS) is 19.9. The predicted octanol–water partition coefficient (Wildman–Crippen LogP) is 2.40. The first kappa shape index (κ1) is 22.1. The highest BCUT2D eigenvalue weighted by Gasteiger charge is 2.26. The minimum Gasteiger partial charge on any atom is -0.373 e. The molecule has 1 fully saturated rings. The minimum atomic E-state index is -0.418. The summed E-state index contributed by atoms with van der Waals surface area (Å²) in [5, 5.41) is 1.02. The van der Waals surface area contributed by atoms with Crippen LogP contribution in [0.4, 0.5) is 0 Å². The van der Waals surface area contributed by atoms with Gasteiger partial charge in [0.2, 0.25) is 0 Å². The number of benzene rings is 1. The number of imidazole rings is 1. The van der Waals surface area contributed by atoms with Crippen LogP contribution in [0.1, 0.15) is 25.2 Å². The molecule has 166 valence electrons. The molecule has 0 amide bonds. The topological polar surface area (TPSA) is 74.3 Å². The third-order valence-electron chi connectivity index (χ3n) is 5.67. The molecule has 31 heavy (non-hydrogen) atoms. The molecule has 2 aromatic heterocycles. The van der Waals surface area contributed by atoms with Crippen LogP contribution in [0.5, 0.6) is 0 Å². The van der Waals surface area contributed by atoms with Crippen molar-refractivity contribution in [3.8, 4) is 0 Å². The number of rotatable bonds is 4. The van der Waals surface area contributed by atoms with Gasteiger partial charge in [0.25, 0.3) is 5.56 Å². The molecule has 0 radical (unpaired) electrons. The maximum absolute atomic E-state index is 13.1. The monoisotopic (exact) mass is 465 g/mol. The summed E-state index contributed by atoms with van der Waals surface area (Å²) >= 11 is 12.8. The van der Waals surface area contributed by atoms with Crippen LogP contribution in [-0.2, 0) is 31.9 Å². The molecular weight excluding hydrogens is 441 g/mol. The number of hydrogen-bond donors (Lipinski definition) is 0. The number of aromatic nitrogens is 4. The number of aryl methyl sites for hydroxylation is 1. The van der Waals surface area contributed by atoms with Crippen molar-refractivity contribution in [1.82, 2.24) is 23.6 Å². The Morgan fingerprint density at radius 3 is 2.26 bits per heavy atom. The van der Waals surface area contributed by atoms with Gasteiger partial charge in [0.1, 0.15) is 5.82 Å². The largest absolute Gasteiger partial charge is 0.373 e. The van der Waals surface area contributed by atoms with Crippen molar-refractivity contribution in [3.63, 3.8) is 0 Å². The molecule has 8 nitrogen and oxygen atoms in total. The minimum absolute atomic E-state index is 0.0943. The first-order chi connectivity index (χ1) is 14.7. The molecule has 1 aliphatic heterocycles. The second kappa shape index (κ2) is 8.43. The number of nitrogens with zero attached hydrogens (tertiary/aromatic N) is 5. The molecule has 0 unspecified atom stereocenters. The zero-order valence-corrected chi connectivity index (χ0v) is 19.4. The van der Waals surface area contributed by atoms with Crippen LogP contribution in [0.15, 0.2) is 27.8 Å². The molecule has 3 heterocycles. The van der Waals surface area contributed by atoms with Gasteiger partial charge in [-0.1, -0.05) is 29.3 Å². The Bertz CT molecular complexity index is 1230. The van der Waals surface area contributed by atoms with Crippen LogP contribution in [0, 0.1) is 0 Å². The Hall–Kier alpha value is -2.13. The van der Waals surface area contributed by atoms with Crippen molar-refractivity contribution < 1.29 is 4.74 Å². The molecule has 4 rings (SSSR count). The number of ether oxygens (including phenoxy) is 1. The van der Waals surface area contributed by atoms with E-state index in [1.807, 2.05) is 18.4 Å². The molecule has 3 aromatic rings. The van der Waals surface area contributed by atoms with Gasteiger partial charge in [-0.05, 0) is 26.0 Å². The number of fused-ring (bicyclic) bond motifs is 1.